The summed E-state index contributed by atoms with van der Waals surface area (Å²) in [5.74, 6) is 4.81. The third kappa shape index (κ3) is 6.54. The van der Waals surface area contributed by atoms with Crippen LogP contribution in [-0.2, 0) is 6.54 Å². The second kappa shape index (κ2) is 11.7. The van der Waals surface area contributed by atoms with Crippen LogP contribution in [0.1, 0.15) is 51.7 Å². The maximum absolute atomic E-state index is 6.00. The minimum Gasteiger partial charge on any atom is -0.459 e. The van der Waals surface area contributed by atoms with E-state index >= 15 is 0 Å². The van der Waals surface area contributed by atoms with E-state index in [0.29, 0.717) is 28.7 Å². The highest BCUT2D eigenvalue weighted by Crippen LogP contribution is 2.29. The monoisotopic (exact) mass is 538 g/mol. The van der Waals surface area contributed by atoms with Gasteiger partial charge in [-0.3, -0.25) is 0 Å². The van der Waals surface area contributed by atoms with Gasteiger partial charge in [0.05, 0.1) is 6.54 Å². The molecule has 7 nitrogen and oxygen atoms in total. The minimum atomic E-state index is 0.457. The van der Waals surface area contributed by atoms with Crippen LogP contribution in [0.2, 0.25) is 5.02 Å². The number of nitrogens with zero attached hydrogens (tertiary/aromatic N) is 4. The number of thiocarbonyl (C=S) groups is 1. The van der Waals surface area contributed by atoms with E-state index in [1.165, 1.54) is 32.1 Å². The van der Waals surface area contributed by atoms with E-state index in [1.54, 1.807) is 0 Å². The molecule has 1 atom stereocenters. The smallest absolute Gasteiger partial charge is 0.232 e. The Labute approximate surface area is 229 Å². The summed E-state index contributed by atoms with van der Waals surface area (Å²) in [6, 6.07) is 14.1. The van der Waals surface area contributed by atoms with E-state index in [0.717, 1.165) is 54.3 Å². The van der Waals surface area contributed by atoms with Crippen molar-refractivity contribution in [3.8, 4) is 11.3 Å². The van der Waals surface area contributed by atoms with Gasteiger partial charge >= 0.3 is 0 Å². The van der Waals surface area contributed by atoms with Gasteiger partial charge in [-0.05, 0) is 93.6 Å². The molecule has 0 radical (unpaired) electrons. The van der Waals surface area contributed by atoms with E-state index in [9.17, 15) is 0 Å². The number of rotatable bonds is 6. The molecule has 2 aromatic heterocycles. The van der Waals surface area contributed by atoms with Crippen LogP contribution < -0.4 is 20.4 Å². The number of nitrogens with one attached hydrogen (secondary N) is 2. The van der Waals surface area contributed by atoms with Crippen LogP contribution in [0.25, 0.3) is 11.3 Å². The summed E-state index contributed by atoms with van der Waals surface area (Å²) in [6.45, 7) is 8.12. The molecule has 0 saturated carbocycles. The van der Waals surface area contributed by atoms with Crippen LogP contribution in [0.15, 0.2) is 46.9 Å². The van der Waals surface area contributed by atoms with Crippen molar-refractivity contribution in [3.63, 3.8) is 0 Å². The highest BCUT2D eigenvalue weighted by molar-refractivity contribution is 7.80. The molecule has 9 heteroatoms. The molecule has 1 aromatic carbocycles. The molecular formula is C28H35ClN6OS. The van der Waals surface area contributed by atoms with E-state index < -0.39 is 0 Å². The first-order valence-corrected chi connectivity index (χ1v) is 14.0. The van der Waals surface area contributed by atoms with Gasteiger partial charge in [-0.25, -0.2) is 0 Å². The number of anilines is 3. The number of furan rings is 1. The van der Waals surface area contributed by atoms with Gasteiger partial charge in [-0.2, -0.15) is 9.97 Å². The first-order valence-electron chi connectivity index (χ1n) is 13.2. The van der Waals surface area contributed by atoms with E-state index in [-0.39, 0.29) is 0 Å². The molecule has 4 heterocycles. The SMILES string of the molecule is CC1CCN(c2cc(N3CCCCC3C)nc(NC(=S)NCc3ccc(-c4ccc(Cl)cc4)o3)n2)CC1. The Kier molecular flexibility index (Phi) is 8.15. The summed E-state index contributed by atoms with van der Waals surface area (Å²) in [4.78, 5) is 14.5. The molecule has 0 bridgehead atoms. The van der Waals surface area contributed by atoms with E-state index in [4.69, 9.17) is 38.2 Å². The number of halogens is 1. The molecule has 2 fully saturated rings. The molecule has 5 rings (SSSR count). The summed E-state index contributed by atoms with van der Waals surface area (Å²) < 4.78 is 5.99. The van der Waals surface area contributed by atoms with Crippen molar-refractivity contribution < 1.29 is 4.42 Å². The predicted octanol–water partition coefficient (Wildman–Crippen LogP) is 6.49. The summed E-state index contributed by atoms with van der Waals surface area (Å²) in [5, 5.41) is 7.63. The fourth-order valence-corrected chi connectivity index (χ4v) is 5.31. The molecule has 0 amide bonds. The molecule has 2 N–H and O–H groups in total. The van der Waals surface area contributed by atoms with E-state index in [1.807, 2.05) is 36.4 Å². The first kappa shape index (κ1) is 25.8. The number of piperidine rings is 2. The van der Waals surface area contributed by atoms with Crippen LogP contribution >= 0.6 is 23.8 Å². The Morgan fingerprint density at radius 2 is 1.76 bits per heavy atom. The quantitative estimate of drug-likeness (QED) is 0.345. The lowest BCUT2D eigenvalue weighted by atomic mass is 9.99. The van der Waals surface area contributed by atoms with Gasteiger partial charge in [-0.1, -0.05) is 18.5 Å². The van der Waals surface area contributed by atoms with Gasteiger partial charge in [0.2, 0.25) is 5.95 Å². The molecular weight excluding hydrogens is 504 g/mol. The number of benzene rings is 1. The van der Waals surface area contributed by atoms with Crippen molar-refractivity contribution in [2.75, 3.05) is 34.8 Å². The maximum Gasteiger partial charge on any atom is 0.232 e. The van der Waals surface area contributed by atoms with Crippen molar-refractivity contribution in [3.05, 3.63) is 53.2 Å². The lowest BCUT2D eigenvalue weighted by Gasteiger charge is -2.36. The molecule has 37 heavy (non-hydrogen) atoms. The van der Waals surface area contributed by atoms with Crippen LogP contribution in [0.4, 0.5) is 17.6 Å². The lowest BCUT2D eigenvalue weighted by Crippen LogP contribution is -2.39. The van der Waals surface area contributed by atoms with Crippen molar-refractivity contribution in [2.45, 2.75) is 58.5 Å². The third-order valence-corrected chi connectivity index (χ3v) is 7.84. The van der Waals surface area contributed by atoms with Gasteiger partial charge in [0.1, 0.15) is 23.2 Å². The first-order chi connectivity index (χ1) is 17.9. The Morgan fingerprint density at radius 3 is 2.51 bits per heavy atom. The highest BCUT2D eigenvalue weighted by atomic mass is 35.5. The Bertz CT molecular complexity index is 1210. The van der Waals surface area contributed by atoms with Gasteiger partial charge in [0.25, 0.3) is 0 Å². The molecule has 0 spiro atoms. The van der Waals surface area contributed by atoms with E-state index in [2.05, 4.69) is 40.3 Å². The molecule has 1 unspecified atom stereocenters. The molecule has 2 aliphatic heterocycles. The summed E-state index contributed by atoms with van der Waals surface area (Å²) >= 11 is 11.6. The molecule has 3 aromatic rings. The van der Waals surface area contributed by atoms with Crippen LogP contribution in [-0.4, -0.2) is 40.8 Å². The second-order valence-corrected chi connectivity index (χ2v) is 11.0. The lowest BCUT2D eigenvalue weighted by molar-refractivity contribution is 0.436. The average Bonchev–Trinajstić information content (AvgIpc) is 3.37. The number of hydrogen-bond acceptors (Lipinski definition) is 6. The van der Waals surface area contributed by atoms with Crippen molar-refractivity contribution in [2.24, 2.45) is 5.92 Å². The maximum atomic E-state index is 6.00. The van der Waals surface area contributed by atoms with Gasteiger partial charge < -0.3 is 24.9 Å². The van der Waals surface area contributed by atoms with Gasteiger partial charge in [0.15, 0.2) is 5.11 Å². The zero-order chi connectivity index (χ0) is 25.8. The Balaban J connectivity index is 1.27. The third-order valence-electron chi connectivity index (χ3n) is 7.34. The van der Waals surface area contributed by atoms with Gasteiger partial charge in [0, 0.05) is 42.3 Å². The Hall–Kier alpha value is -2.84. The zero-order valence-corrected chi connectivity index (χ0v) is 23.1. The molecule has 2 saturated heterocycles. The van der Waals surface area contributed by atoms with Crippen LogP contribution in [0.3, 0.4) is 0 Å². The van der Waals surface area contributed by atoms with Crippen molar-refractivity contribution >= 4 is 46.5 Å². The standard InChI is InChI=1S/C28H35ClN6OS/c1-19-12-15-34(16-13-19)25-17-26(35-14-4-3-5-20(35)2)32-27(31-25)33-28(37)30-18-23-10-11-24(36-23)21-6-8-22(29)9-7-21/h6-11,17,19-20H,3-5,12-16,18H2,1-2H3,(H2,30,31,32,33,37). The fraction of sp³-hybridized carbons (Fsp3) is 0.464. The normalized spacial score (nSPS) is 18.6. The average molecular weight is 539 g/mol. The highest BCUT2D eigenvalue weighted by Gasteiger charge is 2.24. The fourth-order valence-electron chi connectivity index (χ4n) is 5.02. The predicted molar refractivity (Wildman–Crippen MR) is 156 cm³/mol. The zero-order valence-electron chi connectivity index (χ0n) is 21.5. The molecule has 196 valence electrons. The summed E-state index contributed by atoms with van der Waals surface area (Å²) in [6.07, 6.45) is 6.01. The van der Waals surface area contributed by atoms with Crippen LogP contribution in [0, 0.1) is 5.92 Å². The number of hydrogen-bond donors (Lipinski definition) is 2. The second-order valence-electron chi connectivity index (χ2n) is 10.2. The molecule has 2 aliphatic rings. The minimum absolute atomic E-state index is 0.457. The summed E-state index contributed by atoms with van der Waals surface area (Å²) in [5.41, 5.74) is 0.980. The Morgan fingerprint density at radius 1 is 1.00 bits per heavy atom. The van der Waals surface area contributed by atoms with Crippen molar-refractivity contribution in [1.82, 2.24) is 15.3 Å². The molecule has 0 aliphatic carbocycles. The largest absolute Gasteiger partial charge is 0.459 e. The van der Waals surface area contributed by atoms with Crippen LogP contribution in [0.5, 0.6) is 0 Å². The topological polar surface area (TPSA) is 69.5 Å². The van der Waals surface area contributed by atoms with Gasteiger partial charge in [-0.15, -0.1) is 0 Å². The number of aromatic nitrogens is 2. The van der Waals surface area contributed by atoms with Crippen molar-refractivity contribution in [1.29, 1.82) is 0 Å². The summed E-state index contributed by atoms with van der Waals surface area (Å²) in [7, 11) is 0.